The first kappa shape index (κ1) is 88.0. The fourth-order valence-corrected chi connectivity index (χ4v) is 17.0. The lowest BCUT2D eigenvalue weighted by Crippen LogP contribution is -2.29. The fourth-order valence-electron chi connectivity index (χ4n) is 16.4. The van der Waals surface area contributed by atoms with E-state index in [0.29, 0.717) is 112 Å². The van der Waals surface area contributed by atoms with Gasteiger partial charge in [-0.15, -0.1) is 0 Å². The van der Waals surface area contributed by atoms with E-state index in [9.17, 15) is 30.7 Å². The molecule has 2 aliphatic heterocycles. The molecule has 0 aliphatic carbocycles. The van der Waals surface area contributed by atoms with Crippen LogP contribution in [0.1, 0.15) is 43.3 Å². The number of anilines is 1. The molecule has 2 fully saturated rings. The fraction of sp³-hybridized carbons (Fsp3) is 0.129. The lowest BCUT2D eigenvalue weighted by molar-refractivity contribution is -0.137. The summed E-state index contributed by atoms with van der Waals surface area (Å²) >= 11 is 18.4. The molecule has 134 heavy (non-hydrogen) atoms. The first-order valence-corrected chi connectivity index (χ1v) is 43.6. The van der Waals surface area contributed by atoms with E-state index in [4.69, 9.17) is 40.5 Å². The van der Waals surface area contributed by atoms with Crippen molar-refractivity contribution in [2.24, 2.45) is 14.1 Å². The summed E-state index contributed by atoms with van der Waals surface area (Å²) in [4.78, 5) is 53.4. The molecule has 20 aromatic rings. The van der Waals surface area contributed by atoms with Crippen LogP contribution >= 0.6 is 34.8 Å². The molecule has 16 aromatic heterocycles. The zero-order valence-electron chi connectivity index (χ0n) is 71.2. The molecule has 4 N–H and O–H groups in total. The van der Waals surface area contributed by atoms with E-state index in [1.165, 1.54) is 42.6 Å². The van der Waals surface area contributed by atoms with Crippen molar-refractivity contribution in [2.45, 2.75) is 43.9 Å². The van der Waals surface area contributed by atoms with E-state index < -0.39 is 29.2 Å². The number of rotatable bonds is 14. The number of nitrogens with one attached hydrogen (secondary N) is 2. The van der Waals surface area contributed by atoms with Crippen molar-refractivity contribution in [3.8, 4) is 134 Å². The van der Waals surface area contributed by atoms with Crippen molar-refractivity contribution in [1.29, 1.82) is 0 Å². The number of nitrogens with two attached hydrogens (primary N) is 1. The van der Waals surface area contributed by atoms with Crippen LogP contribution in [0.25, 0.3) is 178 Å². The first-order chi connectivity index (χ1) is 65.1. The second kappa shape index (κ2) is 38.2. The third-order valence-electron chi connectivity index (χ3n) is 23.2. The Kier molecular flexibility index (Phi) is 25.1. The van der Waals surface area contributed by atoms with Gasteiger partial charge >= 0.3 is 6.18 Å². The third kappa shape index (κ3) is 19.1. The Labute approximate surface area is 775 Å². The molecule has 0 amide bonds. The van der Waals surface area contributed by atoms with Crippen molar-refractivity contribution in [3.63, 3.8) is 0 Å². The monoisotopic (exact) mass is 1850 g/mol. The molecule has 0 atom stereocenters. The second-order valence-electron chi connectivity index (χ2n) is 32.0. The zero-order valence-corrected chi connectivity index (χ0v) is 73.5. The van der Waals surface area contributed by atoms with Gasteiger partial charge in [0, 0.05) is 233 Å². The number of nitrogens with zero attached hydrogens (tertiary/aromatic N) is 20. The number of aromatic nitrogens is 20. The molecule has 0 saturated carbocycles. The van der Waals surface area contributed by atoms with Gasteiger partial charge in [-0.25, -0.2) is 62.4 Å². The topological polar surface area (TPSA) is 276 Å². The van der Waals surface area contributed by atoms with E-state index in [-0.39, 0.29) is 22.7 Å². The molecule has 4 aromatic carbocycles. The van der Waals surface area contributed by atoms with E-state index in [1.807, 2.05) is 116 Å². The highest BCUT2D eigenvalue weighted by Crippen LogP contribution is 2.43. The highest BCUT2D eigenvalue weighted by molar-refractivity contribution is 6.31. The summed E-state index contributed by atoms with van der Waals surface area (Å²) in [7, 11) is 3.67. The number of hydrogen-bond donors (Lipinski definition) is 3. The van der Waals surface area contributed by atoms with Crippen LogP contribution in [0.4, 0.5) is 36.6 Å². The number of halogens is 10. The second-order valence-corrected chi connectivity index (χ2v) is 33.3. The highest BCUT2D eigenvalue weighted by atomic mass is 35.5. The lowest BCUT2D eigenvalue weighted by atomic mass is 9.98. The van der Waals surface area contributed by atoms with Crippen LogP contribution < -0.4 is 16.4 Å². The van der Waals surface area contributed by atoms with Crippen LogP contribution in [0.2, 0.25) is 15.1 Å². The number of fused-ring (bicyclic) bond motifs is 4. The van der Waals surface area contributed by atoms with Gasteiger partial charge in [-0.05, 0) is 244 Å². The SMILES string of the molecule is Cn1cc(-c2cncc(-c3cc(-c4cc(C(F)(F)F)ccc4F)nc4ncccc34)c2)cn1.Cn1cc(-c2cncc(-c3cc(-c4cc(Cl)ccc4F)nc4ncccc34)c2)cn1.Fc1ccc(Cl)cc1-c1cc(-c2cncc(-c3cnn(C4CCNCC4)c3)c2)c2cccnc2n1.Nc1ncc(-c2cnn(C3CCNCC3)c2)cc1-c1cc(-c2cc(Cl)ccc2F)nc2ncccc12. The third-order valence-corrected chi connectivity index (χ3v) is 23.9. The molecule has 0 radical (unpaired) electrons. The van der Waals surface area contributed by atoms with Crippen LogP contribution in [-0.2, 0) is 20.3 Å². The number of alkyl halides is 3. The molecule has 2 saturated heterocycles. The van der Waals surface area contributed by atoms with Gasteiger partial charge in [0.1, 0.15) is 29.1 Å². The van der Waals surface area contributed by atoms with Crippen molar-refractivity contribution in [3.05, 3.63) is 331 Å². The molecule has 33 heteroatoms. The Morgan fingerprint density at radius 3 is 1.00 bits per heavy atom. The Morgan fingerprint density at radius 2 is 0.642 bits per heavy atom. The van der Waals surface area contributed by atoms with Gasteiger partial charge in [0.15, 0.2) is 22.6 Å². The largest absolute Gasteiger partial charge is 0.416 e. The van der Waals surface area contributed by atoms with Gasteiger partial charge in [0.05, 0.1) is 65.2 Å². The van der Waals surface area contributed by atoms with Gasteiger partial charge in [-0.2, -0.15) is 33.6 Å². The Bertz CT molecular complexity index is 7810. The molecule has 664 valence electrons. The normalized spacial score (nSPS) is 13.0. The first-order valence-electron chi connectivity index (χ1n) is 42.5. The maximum absolute atomic E-state index is 14.7. The van der Waals surface area contributed by atoms with Gasteiger partial charge in [0.25, 0.3) is 0 Å². The number of piperidine rings is 2. The van der Waals surface area contributed by atoms with Crippen LogP contribution in [0.15, 0.2) is 288 Å². The quantitative estimate of drug-likeness (QED) is 0.0853. The molecule has 22 rings (SSSR count). The van der Waals surface area contributed by atoms with Crippen molar-refractivity contribution < 1.29 is 30.7 Å². The maximum Gasteiger partial charge on any atom is 0.416 e. The Morgan fingerprint density at radius 1 is 0.321 bits per heavy atom. The van der Waals surface area contributed by atoms with Gasteiger partial charge < -0.3 is 16.4 Å². The van der Waals surface area contributed by atoms with Gasteiger partial charge in [0.2, 0.25) is 0 Å². The van der Waals surface area contributed by atoms with Crippen LogP contribution in [0.5, 0.6) is 0 Å². The Hall–Kier alpha value is -15.3. The summed E-state index contributed by atoms with van der Waals surface area (Å²) < 4.78 is 106. The molecule has 0 unspecified atom stereocenters. The van der Waals surface area contributed by atoms with E-state index in [2.05, 4.69) is 114 Å². The van der Waals surface area contributed by atoms with Crippen LogP contribution in [0.3, 0.4) is 0 Å². The maximum atomic E-state index is 14.7. The average Bonchev–Trinajstić information content (AvgIpc) is 0.791. The average molecular weight is 1850 g/mol. The molecule has 18 heterocycles. The van der Waals surface area contributed by atoms with E-state index in [1.54, 1.807) is 121 Å². The minimum Gasteiger partial charge on any atom is -0.383 e. The number of hydrogen-bond acceptors (Lipinski definition) is 19. The number of aryl methyl sites for hydroxylation is 2. The lowest BCUT2D eigenvalue weighted by Gasteiger charge is -2.22. The molecule has 0 bridgehead atoms. The summed E-state index contributed by atoms with van der Waals surface area (Å²) in [6.07, 6.45) is 33.6. The van der Waals surface area contributed by atoms with E-state index in [0.717, 1.165) is 152 Å². The molecular weight excluding hydrogens is 1770 g/mol. The smallest absolute Gasteiger partial charge is 0.383 e. The molecule has 0 spiro atoms. The molecule has 2 aliphatic rings. The Balaban J connectivity index is 0.000000115. The number of benzene rings is 4. The van der Waals surface area contributed by atoms with Crippen molar-refractivity contribution in [2.75, 3.05) is 31.9 Å². The number of pyridine rings is 12. The minimum atomic E-state index is -4.61. The van der Waals surface area contributed by atoms with Crippen LogP contribution in [0, 0.1) is 23.3 Å². The highest BCUT2D eigenvalue weighted by Gasteiger charge is 2.32. The summed E-state index contributed by atoms with van der Waals surface area (Å²) in [5.41, 5.74) is 23.0. The predicted octanol–water partition coefficient (Wildman–Crippen LogP) is 22.9. The standard InChI is InChI=1S/C27H23ClFN7.C27H22ClFN6.C24H15F4N5.C23H15ClFN5/c28-18-3-4-24(29)23(11-18)25-12-21(20-2-1-7-32-27(20)35-25)22-10-16(13-33-26(22)30)17-14-34-36(15-17)19-5-8-31-9-6-19;28-20-3-4-25(29)24(11-20)26-12-23(22-2-1-7-32-27(22)34-26)18-10-17(13-31-14-18)19-15-33-35(16-19)21-5-8-30-9-6-21;1-33-13-16(12-31-33)14-7-15(11-29-10-14)19-9-22(32-23-18(19)3-2-6-30-23)20-8-17(24(26,27)28)4-5-21(20)25;1-30-13-16(12-28-30)14-7-15(11-26-10-14)19-9-22(20-8-17(24)4-5-21(20)25)29-23-18(19)3-2-6-27-23/h1-4,7,10-15,19,31H,5-6,8-9H2,(H2,30,33);1-4,7,10-16,21,30H,5-6,8-9H2;2-13H,1H3;2-13H,1H3. The number of nitrogen functional groups attached to an aromatic ring is 1. The summed E-state index contributed by atoms with van der Waals surface area (Å²) in [6, 6.07) is 46.4. The minimum absolute atomic E-state index is 0.0478. The van der Waals surface area contributed by atoms with Gasteiger partial charge in [-0.3, -0.25) is 33.7 Å². The van der Waals surface area contributed by atoms with Crippen molar-refractivity contribution in [1.82, 2.24) is 110 Å². The summed E-state index contributed by atoms with van der Waals surface area (Å²) in [6.45, 7) is 4.00. The zero-order chi connectivity index (χ0) is 92.3. The van der Waals surface area contributed by atoms with Crippen molar-refractivity contribution >= 4 is 84.8 Å². The summed E-state index contributed by atoms with van der Waals surface area (Å²) in [5.74, 6) is -1.65. The predicted molar refractivity (Wildman–Crippen MR) is 506 cm³/mol. The molecular formula is C101H75Cl3F7N23. The van der Waals surface area contributed by atoms with Crippen LogP contribution in [-0.4, -0.2) is 125 Å². The van der Waals surface area contributed by atoms with E-state index >= 15 is 0 Å². The molecule has 23 nitrogen and oxygen atoms in total. The summed E-state index contributed by atoms with van der Waals surface area (Å²) in [5, 5.41) is 28.9. The van der Waals surface area contributed by atoms with Gasteiger partial charge in [-0.1, -0.05) is 34.8 Å².